The zero-order valence-corrected chi connectivity index (χ0v) is 12.4. The van der Waals surface area contributed by atoms with Gasteiger partial charge in [0.25, 0.3) is 0 Å². The molecule has 0 aliphatic heterocycles. The van der Waals surface area contributed by atoms with E-state index in [0.717, 1.165) is 6.42 Å². The molecular weight excluding hydrogens is 264 g/mol. The molecule has 0 fully saturated rings. The van der Waals surface area contributed by atoms with Gasteiger partial charge in [0.2, 0.25) is 5.91 Å². The maximum absolute atomic E-state index is 12.1. The molecular formula is C16H20N4O. The Bertz CT molecular complexity index is 559. The van der Waals surface area contributed by atoms with Crippen LogP contribution in [0, 0.1) is 0 Å². The smallest absolute Gasteiger partial charge is 0.238 e. The molecule has 2 rings (SSSR count). The minimum absolute atomic E-state index is 0.0435. The van der Waals surface area contributed by atoms with E-state index in [1.165, 1.54) is 5.56 Å². The molecule has 0 aliphatic rings. The summed E-state index contributed by atoms with van der Waals surface area (Å²) in [5.74, 6) is -0.0435. The van der Waals surface area contributed by atoms with Gasteiger partial charge in [-0.15, -0.1) is 0 Å². The second-order valence-corrected chi connectivity index (χ2v) is 4.91. The van der Waals surface area contributed by atoms with Gasteiger partial charge in [0, 0.05) is 24.6 Å². The summed E-state index contributed by atoms with van der Waals surface area (Å²) >= 11 is 0. The summed E-state index contributed by atoms with van der Waals surface area (Å²) in [4.78, 5) is 22.1. The molecule has 0 unspecified atom stereocenters. The minimum Gasteiger partial charge on any atom is -0.324 e. The molecule has 0 aliphatic carbocycles. The molecule has 110 valence electrons. The summed E-state index contributed by atoms with van der Waals surface area (Å²) in [5, 5.41) is 2.85. The van der Waals surface area contributed by atoms with E-state index < -0.39 is 0 Å². The number of hydrogen-bond donors (Lipinski definition) is 1. The SMILES string of the molecule is CC[C@H](c1ccncc1)N(C)CC(=O)Nc1cccnc1. The van der Waals surface area contributed by atoms with Gasteiger partial charge in [-0.25, -0.2) is 0 Å². The molecule has 1 N–H and O–H groups in total. The molecule has 2 aromatic rings. The molecule has 1 atom stereocenters. The predicted octanol–water partition coefficient (Wildman–Crippen LogP) is 2.50. The average molecular weight is 284 g/mol. The molecule has 21 heavy (non-hydrogen) atoms. The summed E-state index contributed by atoms with van der Waals surface area (Å²) in [5.41, 5.74) is 1.89. The molecule has 5 nitrogen and oxygen atoms in total. The van der Waals surface area contributed by atoms with Crippen LogP contribution < -0.4 is 5.32 Å². The number of pyridine rings is 2. The Hall–Kier alpha value is -2.27. The summed E-state index contributed by atoms with van der Waals surface area (Å²) in [7, 11) is 1.96. The van der Waals surface area contributed by atoms with Crippen LogP contribution in [-0.4, -0.2) is 34.4 Å². The van der Waals surface area contributed by atoms with Gasteiger partial charge in [-0.3, -0.25) is 19.7 Å². The van der Waals surface area contributed by atoms with Gasteiger partial charge in [0.1, 0.15) is 0 Å². The van der Waals surface area contributed by atoms with Gasteiger partial charge >= 0.3 is 0 Å². The van der Waals surface area contributed by atoms with Gasteiger partial charge in [-0.05, 0) is 43.3 Å². The van der Waals surface area contributed by atoms with E-state index in [1.54, 1.807) is 30.9 Å². The molecule has 0 spiro atoms. The number of carbonyl (C=O) groups excluding carboxylic acids is 1. The lowest BCUT2D eigenvalue weighted by Gasteiger charge is -2.26. The largest absolute Gasteiger partial charge is 0.324 e. The fourth-order valence-electron chi connectivity index (χ4n) is 2.36. The average Bonchev–Trinajstić information content (AvgIpc) is 2.50. The van der Waals surface area contributed by atoms with Crippen LogP contribution in [0.4, 0.5) is 5.69 Å². The highest BCUT2D eigenvalue weighted by atomic mass is 16.2. The Morgan fingerprint density at radius 1 is 1.24 bits per heavy atom. The normalized spacial score (nSPS) is 12.1. The van der Waals surface area contributed by atoms with E-state index in [2.05, 4.69) is 22.2 Å². The van der Waals surface area contributed by atoms with E-state index in [9.17, 15) is 4.79 Å². The van der Waals surface area contributed by atoms with Crippen molar-refractivity contribution < 1.29 is 4.79 Å². The van der Waals surface area contributed by atoms with Gasteiger partial charge in [-0.1, -0.05) is 6.92 Å². The quantitative estimate of drug-likeness (QED) is 0.885. The maximum Gasteiger partial charge on any atom is 0.238 e. The lowest BCUT2D eigenvalue weighted by molar-refractivity contribution is -0.117. The van der Waals surface area contributed by atoms with E-state index in [4.69, 9.17) is 0 Å². The van der Waals surface area contributed by atoms with Crippen LogP contribution in [0.25, 0.3) is 0 Å². The minimum atomic E-state index is -0.0435. The van der Waals surface area contributed by atoms with Crippen LogP contribution in [0.2, 0.25) is 0 Å². The highest BCUT2D eigenvalue weighted by Crippen LogP contribution is 2.21. The first-order chi connectivity index (χ1) is 10.2. The predicted molar refractivity (Wildman–Crippen MR) is 82.8 cm³/mol. The first-order valence-corrected chi connectivity index (χ1v) is 7.00. The number of nitrogens with zero attached hydrogens (tertiary/aromatic N) is 3. The first kappa shape index (κ1) is 15.1. The highest BCUT2D eigenvalue weighted by Gasteiger charge is 2.17. The lowest BCUT2D eigenvalue weighted by atomic mass is 10.0. The number of hydrogen-bond acceptors (Lipinski definition) is 4. The van der Waals surface area contributed by atoms with Crippen molar-refractivity contribution in [1.29, 1.82) is 0 Å². The zero-order chi connectivity index (χ0) is 15.1. The summed E-state index contributed by atoms with van der Waals surface area (Å²) in [6.45, 7) is 2.44. The molecule has 1 amide bonds. The third-order valence-electron chi connectivity index (χ3n) is 3.35. The highest BCUT2D eigenvalue weighted by molar-refractivity contribution is 5.92. The van der Waals surface area contributed by atoms with Crippen molar-refractivity contribution in [3.05, 3.63) is 54.6 Å². The standard InChI is InChI=1S/C16H20N4O/c1-3-15(13-6-9-17-10-7-13)20(2)12-16(21)19-14-5-4-8-18-11-14/h4-11,15H,3,12H2,1-2H3,(H,19,21)/t15-/m1/s1. The Labute approximate surface area is 125 Å². The Morgan fingerprint density at radius 2 is 2.00 bits per heavy atom. The van der Waals surface area contributed by atoms with Crippen molar-refractivity contribution in [2.24, 2.45) is 0 Å². The van der Waals surface area contributed by atoms with Crippen molar-refractivity contribution >= 4 is 11.6 Å². The van der Waals surface area contributed by atoms with Crippen LogP contribution in [0.1, 0.15) is 24.9 Å². The van der Waals surface area contributed by atoms with Crippen LogP contribution in [0.15, 0.2) is 49.1 Å². The monoisotopic (exact) mass is 284 g/mol. The molecule has 2 aromatic heterocycles. The number of aromatic nitrogens is 2. The summed E-state index contributed by atoms with van der Waals surface area (Å²) in [6, 6.07) is 7.80. The number of amides is 1. The molecule has 0 bridgehead atoms. The molecule has 0 saturated heterocycles. The number of nitrogens with one attached hydrogen (secondary N) is 1. The van der Waals surface area contributed by atoms with Crippen molar-refractivity contribution in [3.63, 3.8) is 0 Å². The van der Waals surface area contributed by atoms with E-state index in [1.807, 2.05) is 30.1 Å². The molecule has 0 saturated carbocycles. The van der Waals surface area contributed by atoms with Crippen molar-refractivity contribution in [2.45, 2.75) is 19.4 Å². The van der Waals surface area contributed by atoms with Gasteiger partial charge in [0.15, 0.2) is 0 Å². The van der Waals surface area contributed by atoms with Gasteiger partial charge in [-0.2, -0.15) is 0 Å². The molecule has 5 heteroatoms. The van der Waals surface area contributed by atoms with E-state index >= 15 is 0 Å². The van der Waals surface area contributed by atoms with Gasteiger partial charge in [0.05, 0.1) is 18.4 Å². The van der Waals surface area contributed by atoms with Crippen molar-refractivity contribution in [2.75, 3.05) is 18.9 Å². The van der Waals surface area contributed by atoms with Crippen LogP contribution in [-0.2, 0) is 4.79 Å². The van der Waals surface area contributed by atoms with Crippen molar-refractivity contribution in [1.82, 2.24) is 14.9 Å². The van der Waals surface area contributed by atoms with Crippen molar-refractivity contribution in [3.8, 4) is 0 Å². The fourth-order valence-corrected chi connectivity index (χ4v) is 2.36. The molecule has 0 aromatic carbocycles. The van der Waals surface area contributed by atoms with E-state index in [0.29, 0.717) is 12.2 Å². The Kier molecular flexibility index (Phi) is 5.40. The topological polar surface area (TPSA) is 58.1 Å². The maximum atomic E-state index is 12.1. The third-order valence-corrected chi connectivity index (χ3v) is 3.35. The summed E-state index contributed by atoms with van der Waals surface area (Å²) in [6.07, 6.45) is 7.81. The first-order valence-electron chi connectivity index (χ1n) is 7.00. The Morgan fingerprint density at radius 3 is 2.62 bits per heavy atom. The molecule has 2 heterocycles. The number of carbonyl (C=O) groups is 1. The van der Waals surface area contributed by atoms with Gasteiger partial charge < -0.3 is 5.32 Å². The zero-order valence-electron chi connectivity index (χ0n) is 12.4. The lowest BCUT2D eigenvalue weighted by Crippen LogP contribution is -2.33. The fraction of sp³-hybridized carbons (Fsp3) is 0.312. The van der Waals surface area contributed by atoms with Crippen LogP contribution in [0.3, 0.4) is 0 Å². The second-order valence-electron chi connectivity index (χ2n) is 4.91. The summed E-state index contributed by atoms with van der Waals surface area (Å²) < 4.78 is 0. The number of likely N-dealkylation sites (N-methyl/N-ethyl adjacent to an activating group) is 1. The van der Waals surface area contributed by atoms with E-state index in [-0.39, 0.29) is 11.9 Å². The second kappa shape index (κ2) is 7.50. The number of rotatable bonds is 6. The third kappa shape index (κ3) is 4.36. The number of anilines is 1. The Balaban J connectivity index is 1.96. The molecule has 0 radical (unpaired) electrons. The van der Waals surface area contributed by atoms with Crippen LogP contribution in [0.5, 0.6) is 0 Å². The van der Waals surface area contributed by atoms with Crippen LogP contribution >= 0.6 is 0 Å².